The number of carbonyl (C=O) groups excluding carboxylic acids is 1. The molecule has 0 saturated carbocycles. The van der Waals surface area contributed by atoms with Crippen molar-refractivity contribution >= 4 is 23.4 Å². The van der Waals surface area contributed by atoms with E-state index in [1.165, 1.54) is 34.4 Å². The molecular weight excluding hydrogens is 427 g/mol. The highest BCUT2D eigenvalue weighted by atomic mass is 32.2. The molecule has 1 unspecified atom stereocenters. The Bertz CT molecular complexity index is 1150. The van der Waals surface area contributed by atoms with Crippen LogP contribution >= 0.6 is 11.8 Å². The third kappa shape index (κ3) is 5.63. The van der Waals surface area contributed by atoms with Crippen LogP contribution in [0.5, 0.6) is 0 Å². The van der Waals surface area contributed by atoms with Crippen molar-refractivity contribution in [2.24, 2.45) is 0 Å². The van der Waals surface area contributed by atoms with Gasteiger partial charge in [0.1, 0.15) is 18.9 Å². The molecule has 0 fully saturated rings. The lowest BCUT2D eigenvalue weighted by Gasteiger charge is -2.25. The third-order valence-electron chi connectivity index (χ3n) is 5.57. The van der Waals surface area contributed by atoms with Crippen molar-refractivity contribution in [2.75, 3.05) is 17.6 Å². The molecule has 2 heterocycles. The first-order valence-corrected chi connectivity index (χ1v) is 11.7. The Kier molecular flexibility index (Phi) is 7.02. The molecule has 1 aliphatic rings. The number of amides is 1. The largest absolute Gasteiger partial charge is 0.327 e. The SMILES string of the molecule is CCc1ccc(NC(=O)CSc2nc3c(c(=O)[nH]2)C[NH+](Cc2ccc(F)cc2)CC3)cc1. The molecule has 1 aromatic heterocycles. The Balaban J connectivity index is 1.34. The fourth-order valence-electron chi connectivity index (χ4n) is 3.81. The molecule has 0 radical (unpaired) electrons. The van der Waals surface area contributed by atoms with Crippen LogP contribution in [0.4, 0.5) is 10.1 Å². The molecule has 1 aliphatic heterocycles. The quantitative estimate of drug-likeness (QED) is 0.379. The molecule has 3 N–H and O–H groups in total. The zero-order chi connectivity index (χ0) is 22.5. The van der Waals surface area contributed by atoms with Crippen LogP contribution < -0.4 is 15.8 Å². The first-order valence-electron chi connectivity index (χ1n) is 10.7. The van der Waals surface area contributed by atoms with Crippen molar-refractivity contribution in [3.63, 3.8) is 0 Å². The van der Waals surface area contributed by atoms with Gasteiger partial charge in [-0.3, -0.25) is 9.59 Å². The van der Waals surface area contributed by atoms with Crippen LogP contribution in [0, 0.1) is 5.82 Å². The lowest BCUT2D eigenvalue weighted by atomic mass is 10.1. The van der Waals surface area contributed by atoms with E-state index in [-0.39, 0.29) is 23.0 Å². The number of hydrogen-bond donors (Lipinski definition) is 3. The van der Waals surface area contributed by atoms with Gasteiger partial charge in [-0.05, 0) is 36.2 Å². The normalized spacial score (nSPS) is 15.2. The van der Waals surface area contributed by atoms with Crippen LogP contribution in [0.2, 0.25) is 0 Å². The van der Waals surface area contributed by atoms with Crippen LogP contribution in [0.25, 0.3) is 0 Å². The summed E-state index contributed by atoms with van der Waals surface area (Å²) in [5, 5.41) is 3.33. The maximum absolute atomic E-state index is 13.1. The summed E-state index contributed by atoms with van der Waals surface area (Å²) in [6, 6.07) is 14.2. The fraction of sp³-hybridized carbons (Fsp3) is 0.292. The Labute approximate surface area is 190 Å². The summed E-state index contributed by atoms with van der Waals surface area (Å²) in [6.07, 6.45) is 1.65. The van der Waals surface area contributed by atoms with Gasteiger partial charge < -0.3 is 15.2 Å². The van der Waals surface area contributed by atoms with Crippen LogP contribution in [0.1, 0.15) is 29.3 Å². The average molecular weight is 454 g/mol. The predicted molar refractivity (Wildman–Crippen MR) is 123 cm³/mol. The lowest BCUT2D eigenvalue weighted by molar-refractivity contribution is -0.929. The predicted octanol–water partition coefficient (Wildman–Crippen LogP) is 2.34. The second-order valence-electron chi connectivity index (χ2n) is 7.91. The molecule has 1 atom stereocenters. The summed E-state index contributed by atoms with van der Waals surface area (Å²) in [6.45, 7) is 4.24. The highest BCUT2D eigenvalue weighted by molar-refractivity contribution is 7.99. The monoisotopic (exact) mass is 453 g/mol. The van der Waals surface area contributed by atoms with Gasteiger partial charge in [0.15, 0.2) is 5.16 Å². The summed E-state index contributed by atoms with van der Waals surface area (Å²) in [5.74, 6) is -0.227. The van der Waals surface area contributed by atoms with Gasteiger partial charge in [0.25, 0.3) is 5.56 Å². The molecule has 1 amide bonds. The van der Waals surface area contributed by atoms with Gasteiger partial charge >= 0.3 is 0 Å². The number of benzene rings is 2. The number of carbonyl (C=O) groups is 1. The Hall–Kier alpha value is -2.97. The molecule has 2 aromatic carbocycles. The molecule has 0 spiro atoms. The van der Waals surface area contributed by atoms with Crippen LogP contribution in [0.15, 0.2) is 58.5 Å². The van der Waals surface area contributed by atoms with Crippen molar-refractivity contribution in [2.45, 2.75) is 38.0 Å². The highest BCUT2D eigenvalue weighted by Crippen LogP contribution is 2.16. The number of aromatic nitrogens is 2. The maximum atomic E-state index is 13.1. The number of nitrogens with one attached hydrogen (secondary N) is 3. The molecule has 8 heteroatoms. The molecule has 0 bridgehead atoms. The van der Waals surface area contributed by atoms with Gasteiger partial charge in [-0.15, -0.1) is 0 Å². The number of fused-ring (bicyclic) bond motifs is 1. The van der Waals surface area contributed by atoms with E-state index in [1.54, 1.807) is 12.1 Å². The topological polar surface area (TPSA) is 79.3 Å². The van der Waals surface area contributed by atoms with Crippen LogP contribution in [-0.2, 0) is 30.7 Å². The van der Waals surface area contributed by atoms with E-state index in [9.17, 15) is 14.0 Å². The minimum Gasteiger partial charge on any atom is -0.327 e. The third-order valence-corrected chi connectivity index (χ3v) is 6.45. The lowest BCUT2D eigenvalue weighted by Crippen LogP contribution is -3.10. The summed E-state index contributed by atoms with van der Waals surface area (Å²) in [4.78, 5) is 33.6. The molecule has 4 rings (SSSR count). The highest BCUT2D eigenvalue weighted by Gasteiger charge is 2.24. The molecule has 166 valence electrons. The Morgan fingerprint density at radius 1 is 1.16 bits per heavy atom. The van der Waals surface area contributed by atoms with Crippen LogP contribution in [-0.4, -0.2) is 28.2 Å². The molecule has 6 nitrogen and oxygen atoms in total. The van der Waals surface area contributed by atoms with E-state index in [0.29, 0.717) is 23.7 Å². The summed E-state index contributed by atoms with van der Waals surface area (Å²) in [5.41, 5.74) is 4.35. The second kappa shape index (κ2) is 10.1. The number of quaternary nitrogens is 1. The number of aryl methyl sites for hydroxylation is 1. The van der Waals surface area contributed by atoms with Gasteiger partial charge in [0.2, 0.25) is 5.91 Å². The van der Waals surface area contributed by atoms with Crippen LogP contribution in [0.3, 0.4) is 0 Å². The first-order chi connectivity index (χ1) is 15.5. The number of hydrogen-bond acceptors (Lipinski definition) is 4. The minimum absolute atomic E-state index is 0.144. The summed E-state index contributed by atoms with van der Waals surface area (Å²) in [7, 11) is 0. The van der Waals surface area contributed by atoms with Crippen molar-refractivity contribution < 1.29 is 14.1 Å². The number of rotatable bonds is 7. The smallest absolute Gasteiger partial charge is 0.260 e. The van der Waals surface area contributed by atoms with Gasteiger partial charge in [-0.25, -0.2) is 9.37 Å². The fourth-order valence-corrected chi connectivity index (χ4v) is 4.49. The Morgan fingerprint density at radius 2 is 1.88 bits per heavy atom. The maximum Gasteiger partial charge on any atom is 0.260 e. The minimum atomic E-state index is -0.249. The zero-order valence-corrected chi connectivity index (χ0v) is 18.7. The molecule has 0 aliphatic carbocycles. The van der Waals surface area contributed by atoms with Gasteiger partial charge in [0.05, 0.1) is 23.6 Å². The summed E-state index contributed by atoms with van der Waals surface area (Å²) >= 11 is 1.23. The van der Waals surface area contributed by atoms with E-state index in [1.807, 2.05) is 24.3 Å². The second-order valence-corrected chi connectivity index (χ2v) is 8.88. The standard InChI is InChI=1S/C24H25FN4O2S/c1-2-16-5-9-19(10-6-16)26-22(30)15-32-24-27-21-11-12-29(14-20(21)23(31)28-24)13-17-3-7-18(25)8-4-17/h3-10H,2,11-15H2,1H3,(H,26,30)(H,27,28,31)/p+1. The van der Waals surface area contributed by atoms with E-state index in [4.69, 9.17) is 0 Å². The van der Waals surface area contributed by atoms with Crippen molar-refractivity contribution in [1.29, 1.82) is 0 Å². The van der Waals surface area contributed by atoms with Crippen molar-refractivity contribution in [1.82, 2.24) is 9.97 Å². The van der Waals surface area contributed by atoms with E-state index >= 15 is 0 Å². The number of halogens is 1. The number of H-pyrrole nitrogens is 1. The molecular formula is C24H26FN4O2S+. The molecule has 3 aromatic rings. The number of thioether (sulfide) groups is 1. The van der Waals surface area contributed by atoms with Gasteiger partial charge in [0, 0.05) is 17.7 Å². The molecule has 32 heavy (non-hydrogen) atoms. The van der Waals surface area contributed by atoms with E-state index in [0.717, 1.165) is 36.5 Å². The average Bonchev–Trinajstić information content (AvgIpc) is 2.80. The zero-order valence-electron chi connectivity index (χ0n) is 17.9. The number of aromatic amines is 1. The molecule has 0 saturated heterocycles. The number of anilines is 1. The van der Waals surface area contributed by atoms with Crippen molar-refractivity contribution in [3.05, 3.63) is 87.1 Å². The first kappa shape index (κ1) is 22.2. The van der Waals surface area contributed by atoms with Crippen molar-refractivity contribution in [3.8, 4) is 0 Å². The summed E-state index contributed by atoms with van der Waals surface area (Å²) < 4.78 is 13.1. The Morgan fingerprint density at radius 3 is 2.59 bits per heavy atom. The van der Waals surface area contributed by atoms with E-state index in [2.05, 4.69) is 22.2 Å². The van der Waals surface area contributed by atoms with Gasteiger partial charge in [-0.2, -0.15) is 0 Å². The number of nitrogens with zero attached hydrogens (tertiary/aromatic N) is 1. The van der Waals surface area contributed by atoms with Gasteiger partial charge in [-0.1, -0.05) is 43.0 Å². The van der Waals surface area contributed by atoms with E-state index < -0.39 is 0 Å².